The predicted octanol–water partition coefficient (Wildman–Crippen LogP) is 2.82. The van der Waals surface area contributed by atoms with Crippen molar-refractivity contribution in [3.8, 4) is 0 Å². The molecular formula is C6H7BrNS2. The first-order valence-electron chi connectivity index (χ1n) is 2.76. The zero-order chi connectivity index (χ0) is 7.40. The molecule has 0 aliphatic heterocycles. The van der Waals surface area contributed by atoms with Crippen molar-refractivity contribution in [1.82, 2.24) is 4.98 Å². The van der Waals surface area contributed by atoms with Gasteiger partial charge in [-0.25, -0.2) is 4.98 Å². The zero-order valence-electron chi connectivity index (χ0n) is 5.50. The van der Waals surface area contributed by atoms with Crippen molar-refractivity contribution >= 4 is 39.0 Å². The van der Waals surface area contributed by atoms with Crippen molar-refractivity contribution in [2.75, 3.05) is 12.0 Å². The van der Waals surface area contributed by atoms with E-state index in [9.17, 15) is 0 Å². The topological polar surface area (TPSA) is 12.9 Å². The Morgan fingerprint density at radius 3 is 3.20 bits per heavy atom. The van der Waals surface area contributed by atoms with Gasteiger partial charge < -0.3 is 0 Å². The number of hydrogen-bond acceptors (Lipinski definition) is 3. The van der Waals surface area contributed by atoms with Gasteiger partial charge in [0.15, 0.2) is 0 Å². The molecule has 1 nitrogen and oxygen atoms in total. The van der Waals surface area contributed by atoms with Gasteiger partial charge in [-0.2, -0.15) is 11.8 Å². The van der Waals surface area contributed by atoms with Gasteiger partial charge in [-0.15, -0.1) is 11.3 Å². The van der Waals surface area contributed by atoms with E-state index >= 15 is 0 Å². The fraction of sp³-hybridized carbons (Fsp3) is 0.333. The highest BCUT2D eigenvalue weighted by molar-refractivity contribution is 9.11. The second kappa shape index (κ2) is 4.36. The largest absolute Gasteiger partial charge is 0.248 e. The molecule has 1 heterocycles. The molecule has 0 saturated heterocycles. The van der Waals surface area contributed by atoms with Crippen molar-refractivity contribution in [2.45, 2.75) is 0 Å². The molecule has 0 bridgehead atoms. The average Bonchev–Trinajstić information content (AvgIpc) is 2.31. The SMILES string of the molecule is CSC[CH]c1ncc(Br)s1. The molecule has 0 N–H and O–H groups in total. The maximum absolute atomic E-state index is 4.16. The van der Waals surface area contributed by atoms with Gasteiger partial charge in [0.25, 0.3) is 0 Å². The number of thiazole rings is 1. The van der Waals surface area contributed by atoms with Crippen LogP contribution in [0.4, 0.5) is 0 Å². The van der Waals surface area contributed by atoms with Crippen LogP contribution in [0, 0.1) is 6.42 Å². The van der Waals surface area contributed by atoms with Crippen molar-refractivity contribution < 1.29 is 0 Å². The minimum atomic E-state index is 1.04. The van der Waals surface area contributed by atoms with E-state index in [0.717, 1.165) is 14.5 Å². The lowest BCUT2D eigenvalue weighted by Gasteiger charge is -1.88. The van der Waals surface area contributed by atoms with Crippen molar-refractivity contribution in [2.24, 2.45) is 0 Å². The van der Waals surface area contributed by atoms with E-state index in [1.54, 1.807) is 23.1 Å². The normalized spacial score (nSPS) is 10.2. The van der Waals surface area contributed by atoms with Crippen molar-refractivity contribution in [3.05, 3.63) is 21.4 Å². The summed E-state index contributed by atoms with van der Waals surface area (Å²) < 4.78 is 1.10. The van der Waals surface area contributed by atoms with Gasteiger partial charge in [-0.3, -0.25) is 0 Å². The Bertz CT molecular complexity index is 199. The molecule has 4 heteroatoms. The molecule has 0 unspecified atom stereocenters. The Labute approximate surface area is 77.4 Å². The molecule has 0 amide bonds. The number of halogens is 1. The summed E-state index contributed by atoms with van der Waals surface area (Å²) in [6.45, 7) is 0. The summed E-state index contributed by atoms with van der Waals surface area (Å²) in [7, 11) is 0. The van der Waals surface area contributed by atoms with Crippen LogP contribution in [0.15, 0.2) is 9.98 Å². The third kappa shape index (κ3) is 2.60. The van der Waals surface area contributed by atoms with E-state index < -0.39 is 0 Å². The van der Waals surface area contributed by atoms with E-state index in [2.05, 4.69) is 33.6 Å². The van der Waals surface area contributed by atoms with Crippen LogP contribution in [0.1, 0.15) is 5.01 Å². The molecule has 0 saturated carbocycles. The van der Waals surface area contributed by atoms with Crippen molar-refractivity contribution in [3.63, 3.8) is 0 Å². The third-order valence-corrected chi connectivity index (χ3v) is 2.89. The van der Waals surface area contributed by atoms with Crippen LogP contribution < -0.4 is 0 Å². The van der Waals surface area contributed by atoms with Gasteiger partial charge in [-0.1, -0.05) is 0 Å². The lowest BCUT2D eigenvalue weighted by Crippen LogP contribution is -1.80. The molecule has 0 atom stereocenters. The van der Waals surface area contributed by atoms with Crippen molar-refractivity contribution in [1.29, 1.82) is 0 Å². The molecule has 1 aromatic rings. The van der Waals surface area contributed by atoms with E-state index in [-0.39, 0.29) is 0 Å². The summed E-state index contributed by atoms with van der Waals surface area (Å²) in [5.74, 6) is 1.04. The van der Waals surface area contributed by atoms with E-state index in [1.807, 2.05) is 6.20 Å². The summed E-state index contributed by atoms with van der Waals surface area (Å²) in [5, 5.41) is 1.10. The maximum Gasteiger partial charge on any atom is 0.0983 e. The number of hydrogen-bond donors (Lipinski definition) is 0. The fourth-order valence-electron chi connectivity index (χ4n) is 0.516. The summed E-state index contributed by atoms with van der Waals surface area (Å²) >= 11 is 6.82. The summed E-state index contributed by atoms with van der Waals surface area (Å²) in [4.78, 5) is 4.16. The van der Waals surface area contributed by atoms with E-state index in [4.69, 9.17) is 0 Å². The van der Waals surface area contributed by atoms with Crippen LogP contribution >= 0.6 is 39.0 Å². The van der Waals surface area contributed by atoms with Gasteiger partial charge >= 0.3 is 0 Å². The fourth-order valence-corrected chi connectivity index (χ4v) is 2.12. The Morgan fingerprint density at radius 2 is 2.70 bits per heavy atom. The third-order valence-electron chi connectivity index (χ3n) is 0.920. The van der Waals surface area contributed by atoms with Gasteiger partial charge in [-0.05, 0) is 22.2 Å². The van der Waals surface area contributed by atoms with Crippen LogP contribution in [-0.2, 0) is 0 Å². The molecule has 1 radical (unpaired) electrons. The lowest BCUT2D eigenvalue weighted by atomic mass is 10.5. The maximum atomic E-state index is 4.16. The Hall–Kier alpha value is 0.460. The van der Waals surface area contributed by atoms with Crippen LogP contribution in [0.3, 0.4) is 0 Å². The first-order valence-corrected chi connectivity index (χ1v) is 5.76. The highest BCUT2D eigenvalue weighted by atomic mass is 79.9. The molecule has 55 valence electrons. The van der Waals surface area contributed by atoms with Gasteiger partial charge in [0.05, 0.1) is 15.0 Å². The number of thioether (sulfide) groups is 1. The van der Waals surface area contributed by atoms with Gasteiger partial charge in [0.1, 0.15) is 0 Å². The summed E-state index contributed by atoms with van der Waals surface area (Å²) in [5.41, 5.74) is 0. The monoisotopic (exact) mass is 236 g/mol. The van der Waals surface area contributed by atoms with E-state index in [0.29, 0.717) is 0 Å². The van der Waals surface area contributed by atoms with E-state index in [1.165, 1.54) is 0 Å². The van der Waals surface area contributed by atoms with Gasteiger partial charge in [0, 0.05) is 12.2 Å². The number of rotatable bonds is 3. The zero-order valence-corrected chi connectivity index (χ0v) is 8.72. The van der Waals surface area contributed by atoms with Gasteiger partial charge in [0.2, 0.25) is 0 Å². The first kappa shape index (κ1) is 8.56. The Kier molecular flexibility index (Phi) is 3.73. The summed E-state index contributed by atoms with van der Waals surface area (Å²) in [6.07, 6.45) is 6.04. The molecule has 1 rings (SSSR count). The molecule has 10 heavy (non-hydrogen) atoms. The molecule has 0 aliphatic rings. The smallest absolute Gasteiger partial charge is 0.0983 e. The first-order chi connectivity index (χ1) is 4.83. The molecule has 0 aromatic carbocycles. The Morgan fingerprint density at radius 1 is 1.90 bits per heavy atom. The highest BCUT2D eigenvalue weighted by Gasteiger charge is 1.97. The number of nitrogens with zero attached hydrogens (tertiary/aromatic N) is 1. The average molecular weight is 237 g/mol. The molecule has 0 spiro atoms. The van der Waals surface area contributed by atoms with Crippen LogP contribution in [0.5, 0.6) is 0 Å². The predicted molar refractivity (Wildman–Crippen MR) is 51.6 cm³/mol. The molecular weight excluding hydrogens is 230 g/mol. The molecule has 1 aromatic heterocycles. The second-order valence-corrected chi connectivity index (χ2v) is 5.01. The molecule has 0 aliphatic carbocycles. The minimum Gasteiger partial charge on any atom is -0.248 e. The molecule has 0 fully saturated rings. The summed E-state index contributed by atoms with van der Waals surface area (Å²) in [6, 6.07) is 0. The van der Waals surface area contributed by atoms with Crippen LogP contribution in [0.25, 0.3) is 0 Å². The standard InChI is InChI=1S/C6H7BrNS2/c1-9-3-2-6-8-4-5(7)10-6/h2,4H,3H2,1H3. The van der Waals surface area contributed by atoms with Crippen LogP contribution in [0.2, 0.25) is 0 Å². The second-order valence-electron chi connectivity index (χ2n) is 1.66. The van der Waals surface area contributed by atoms with Crippen LogP contribution in [-0.4, -0.2) is 17.0 Å². The number of aromatic nitrogens is 1. The minimum absolute atomic E-state index is 1.04. The quantitative estimate of drug-likeness (QED) is 0.801. The highest BCUT2D eigenvalue weighted by Crippen LogP contribution is 2.20. The lowest BCUT2D eigenvalue weighted by molar-refractivity contribution is 1.29. The Balaban J connectivity index is 2.42.